The summed E-state index contributed by atoms with van der Waals surface area (Å²) in [6.07, 6.45) is 3.47. The van der Waals surface area contributed by atoms with Crippen molar-refractivity contribution in [3.05, 3.63) is 24.2 Å². The molecule has 1 aromatic heterocycles. The Kier molecular flexibility index (Phi) is 6.09. The zero-order valence-corrected chi connectivity index (χ0v) is 14.9. The Morgan fingerprint density at radius 1 is 1.28 bits per heavy atom. The molecular formula is C18H27N3O4. The van der Waals surface area contributed by atoms with Crippen molar-refractivity contribution in [3.8, 4) is 0 Å². The molecule has 1 unspecified atom stereocenters. The highest BCUT2D eigenvalue weighted by molar-refractivity contribution is 5.80. The summed E-state index contributed by atoms with van der Waals surface area (Å²) in [5.41, 5.74) is 0. The van der Waals surface area contributed by atoms with Gasteiger partial charge < -0.3 is 19.0 Å². The predicted molar refractivity (Wildman–Crippen MR) is 91.7 cm³/mol. The molecule has 0 bridgehead atoms. The first-order chi connectivity index (χ1) is 12.1. The molecule has 25 heavy (non-hydrogen) atoms. The number of carbonyl (C=O) groups excluding carboxylic acids is 2. The smallest absolute Gasteiger partial charge is 0.236 e. The molecular weight excluding hydrogens is 322 g/mol. The topological polar surface area (TPSA) is 66.2 Å². The summed E-state index contributed by atoms with van der Waals surface area (Å²) >= 11 is 0. The summed E-state index contributed by atoms with van der Waals surface area (Å²) in [5.74, 6) is 1.03. The van der Waals surface area contributed by atoms with E-state index in [1.807, 2.05) is 17.0 Å². The van der Waals surface area contributed by atoms with Gasteiger partial charge in [0.05, 0.1) is 38.5 Å². The predicted octanol–water partition coefficient (Wildman–Crippen LogP) is 0.809. The zero-order valence-electron chi connectivity index (χ0n) is 14.9. The Morgan fingerprint density at radius 2 is 2.08 bits per heavy atom. The van der Waals surface area contributed by atoms with E-state index in [4.69, 9.17) is 9.15 Å². The lowest BCUT2D eigenvalue weighted by molar-refractivity contribution is -0.142. The van der Waals surface area contributed by atoms with Gasteiger partial charge in [0.1, 0.15) is 5.76 Å². The molecule has 7 nitrogen and oxygen atoms in total. The van der Waals surface area contributed by atoms with Gasteiger partial charge in [-0.3, -0.25) is 14.5 Å². The van der Waals surface area contributed by atoms with Gasteiger partial charge >= 0.3 is 0 Å². The number of hydrogen-bond acceptors (Lipinski definition) is 5. The molecule has 2 fully saturated rings. The molecule has 0 aliphatic carbocycles. The number of furan rings is 1. The first kappa shape index (κ1) is 17.9. The number of likely N-dealkylation sites (tertiary alicyclic amines) is 1. The summed E-state index contributed by atoms with van der Waals surface area (Å²) in [6, 6.07) is 3.68. The standard InChI is InChI=1S/C18H27N3O4/c1-19(13-16-5-3-9-25-16)17(22)14-20-6-2-4-15(12-20)18(23)21-7-10-24-11-8-21/h3,5,9,15H,2,4,6-8,10-14H2,1H3. The molecule has 7 heteroatoms. The highest BCUT2D eigenvalue weighted by atomic mass is 16.5. The van der Waals surface area contributed by atoms with Gasteiger partial charge in [0.2, 0.25) is 11.8 Å². The molecule has 0 spiro atoms. The third-order valence-corrected chi connectivity index (χ3v) is 4.94. The third-order valence-electron chi connectivity index (χ3n) is 4.94. The lowest BCUT2D eigenvalue weighted by Crippen LogP contribution is -2.50. The van der Waals surface area contributed by atoms with Crippen molar-refractivity contribution in [2.45, 2.75) is 19.4 Å². The Labute approximate surface area is 148 Å². The number of amides is 2. The number of rotatable bonds is 5. The van der Waals surface area contributed by atoms with Gasteiger partial charge in [0.15, 0.2) is 0 Å². The van der Waals surface area contributed by atoms with Gasteiger partial charge in [-0.15, -0.1) is 0 Å². The van der Waals surface area contributed by atoms with Crippen LogP contribution in [-0.2, 0) is 20.9 Å². The van der Waals surface area contributed by atoms with E-state index in [-0.39, 0.29) is 17.7 Å². The average molecular weight is 349 g/mol. The minimum Gasteiger partial charge on any atom is -0.467 e. The fourth-order valence-corrected chi connectivity index (χ4v) is 3.48. The van der Waals surface area contributed by atoms with Crippen molar-refractivity contribution < 1.29 is 18.7 Å². The van der Waals surface area contributed by atoms with Crippen LogP contribution in [0.5, 0.6) is 0 Å². The zero-order chi connectivity index (χ0) is 17.6. The van der Waals surface area contributed by atoms with Crippen molar-refractivity contribution in [3.63, 3.8) is 0 Å². The maximum Gasteiger partial charge on any atom is 0.236 e. The number of carbonyl (C=O) groups is 2. The van der Waals surface area contributed by atoms with E-state index in [0.717, 1.165) is 25.1 Å². The summed E-state index contributed by atoms with van der Waals surface area (Å²) in [4.78, 5) is 30.8. The monoisotopic (exact) mass is 349 g/mol. The van der Waals surface area contributed by atoms with Crippen LogP contribution in [0.1, 0.15) is 18.6 Å². The van der Waals surface area contributed by atoms with Crippen LogP contribution in [0.15, 0.2) is 22.8 Å². The quantitative estimate of drug-likeness (QED) is 0.787. The fraction of sp³-hybridized carbons (Fsp3) is 0.667. The van der Waals surface area contributed by atoms with Crippen LogP contribution in [0.4, 0.5) is 0 Å². The SMILES string of the molecule is CN(Cc1ccco1)C(=O)CN1CCCC(C(=O)N2CCOCC2)C1. The second-order valence-corrected chi connectivity index (χ2v) is 6.84. The van der Waals surface area contributed by atoms with Crippen LogP contribution < -0.4 is 0 Å². The van der Waals surface area contributed by atoms with E-state index in [1.54, 1.807) is 18.2 Å². The molecule has 2 amide bonds. The van der Waals surface area contributed by atoms with Crippen molar-refractivity contribution in [1.29, 1.82) is 0 Å². The molecule has 0 radical (unpaired) electrons. The second kappa shape index (κ2) is 8.49. The van der Waals surface area contributed by atoms with Gasteiger partial charge in [0.25, 0.3) is 0 Å². The molecule has 0 saturated carbocycles. The maximum atomic E-state index is 12.7. The van der Waals surface area contributed by atoms with Crippen LogP contribution in [-0.4, -0.2) is 79.5 Å². The fourth-order valence-electron chi connectivity index (χ4n) is 3.48. The normalized spacial score (nSPS) is 22.0. The molecule has 0 N–H and O–H groups in total. The molecule has 0 aromatic carbocycles. The number of ether oxygens (including phenoxy) is 1. The first-order valence-corrected chi connectivity index (χ1v) is 8.98. The van der Waals surface area contributed by atoms with Crippen molar-refractivity contribution in [1.82, 2.24) is 14.7 Å². The van der Waals surface area contributed by atoms with Crippen LogP contribution >= 0.6 is 0 Å². The van der Waals surface area contributed by atoms with E-state index < -0.39 is 0 Å². The van der Waals surface area contributed by atoms with Crippen LogP contribution in [0.2, 0.25) is 0 Å². The highest BCUT2D eigenvalue weighted by Crippen LogP contribution is 2.19. The first-order valence-electron chi connectivity index (χ1n) is 8.98. The van der Waals surface area contributed by atoms with E-state index in [1.165, 1.54) is 0 Å². The number of piperidine rings is 1. The Morgan fingerprint density at radius 3 is 2.80 bits per heavy atom. The van der Waals surface area contributed by atoms with E-state index >= 15 is 0 Å². The van der Waals surface area contributed by atoms with E-state index in [2.05, 4.69) is 4.90 Å². The van der Waals surface area contributed by atoms with Crippen molar-refractivity contribution in [2.75, 3.05) is 53.0 Å². The van der Waals surface area contributed by atoms with E-state index in [9.17, 15) is 9.59 Å². The van der Waals surface area contributed by atoms with Gasteiger partial charge in [-0.2, -0.15) is 0 Å². The maximum absolute atomic E-state index is 12.7. The summed E-state index contributed by atoms with van der Waals surface area (Å²) in [5, 5.41) is 0. The molecule has 1 atom stereocenters. The minimum absolute atomic E-state index is 0.00460. The third kappa shape index (κ3) is 4.83. The Hall–Kier alpha value is -1.86. The van der Waals surface area contributed by atoms with Crippen molar-refractivity contribution in [2.24, 2.45) is 5.92 Å². The lowest BCUT2D eigenvalue weighted by atomic mass is 9.96. The molecule has 2 saturated heterocycles. The number of nitrogens with zero attached hydrogens (tertiary/aromatic N) is 3. The summed E-state index contributed by atoms with van der Waals surface area (Å²) in [7, 11) is 1.78. The van der Waals surface area contributed by atoms with Gasteiger partial charge in [-0.25, -0.2) is 0 Å². The largest absolute Gasteiger partial charge is 0.467 e. The number of hydrogen-bond donors (Lipinski definition) is 0. The molecule has 3 heterocycles. The molecule has 2 aliphatic rings. The molecule has 1 aromatic rings. The molecule has 3 rings (SSSR count). The number of likely N-dealkylation sites (N-methyl/N-ethyl adjacent to an activating group) is 1. The average Bonchev–Trinajstić information content (AvgIpc) is 3.15. The Bertz CT molecular complexity index is 569. The lowest BCUT2D eigenvalue weighted by Gasteiger charge is -2.36. The van der Waals surface area contributed by atoms with Gasteiger partial charge in [0, 0.05) is 26.7 Å². The summed E-state index contributed by atoms with van der Waals surface area (Å²) in [6.45, 7) is 4.96. The summed E-state index contributed by atoms with van der Waals surface area (Å²) < 4.78 is 10.6. The van der Waals surface area contributed by atoms with E-state index in [0.29, 0.717) is 45.9 Å². The van der Waals surface area contributed by atoms with Crippen LogP contribution in [0.25, 0.3) is 0 Å². The number of morpholine rings is 1. The Balaban J connectivity index is 1.49. The van der Waals surface area contributed by atoms with Crippen LogP contribution in [0, 0.1) is 5.92 Å². The van der Waals surface area contributed by atoms with Crippen LogP contribution in [0.3, 0.4) is 0 Å². The van der Waals surface area contributed by atoms with Gasteiger partial charge in [-0.1, -0.05) is 0 Å². The minimum atomic E-state index is -0.00460. The van der Waals surface area contributed by atoms with Crippen molar-refractivity contribution >= 4 is 11.8 Å². The molecule has 2 aliphatic heterocycles. The molecule has 138 valence electrons. The van der Waals surface area contributed by atoms with Gasteiger partial charge in [-0.05, 0) is 31.5 Å². The second-order valence-electron chi connectivity index (χ2n) is 6.84. The highest BCUT2D eigenvalue weighted by Gasteiger charge is 2.31.